The van der Waals surface area contributed by atoms with Crippen LogP contribution >= 0.6 is 0 Å². The summed E-state index contributed by atoms with van der Waals surface area (Å²) in [5.74, 6) is 0.276. The molecule has 2 aromatic carbocycles. The highest BCUT2D eigenvalue weighted by atomic mass is 16.1. The van der Waals surface area contributed by atoms with E-state index in [4.69, 9.17) is 0 Å². The van der Waals surface area contributed by atoms with Crippen molar-refractivity contribution in [3.05, 3.63) is 84.3 Å². The summed E-state index contributed by atoms with van der Waals surface area (Å²) in [4.78, 5) is 23.9. The average Bonchev–Trinajstić information content (AvgIpc) is 3.12. The van der Waals surface area contributed by atoms with E-state index in [2.05, 4.69) is 31.7 Å². The molecule has 4 aromatic rings. The van der Waals surface area contributed by atoms with Gasteiger partial charge in [-0.3, -0.25) is 4.79 Å². The summed E-state index contributed by atoms with van der Waals surface area (Å²) in [6.07, 6.45) is 5.80. The monoisotopic (exact) mass is 357 g/mol. The summed E-state index contributed by atoms with van der Waals surface area (Å²) in [7, 11) is 0. The van der Waals surface area contributed by atoms with Gasteiger partial charge in [0.25, 0.3) is 5.91 Å². The number of carbonyl (C=O) groups excluding carboxylic acids is 1. The minimum absolute atomic E-state index is 0.180. The molecule has 0 aliphatic carbocycles. The summed E-state index contributed by atoms with van der Waals surface area (Å²) in [5.41, 5.74) is 3.62. The molecule has 0 radical (unpaired) electrons. The maximum absolute atomic E-state index is 12.3. The molecule has 0 aliphatic heterocycles. The van der Waals surface area contributed by atoms with Gasteiger partial charge in [-0.1, -0.05) is 36.4 Å². The van der Waals surface area contributed by atoms with E-state index in [1.54, 1.807) is 0 Å². The van der Waals surface area contributed by atoms with E-state index < -0.39 is 0 Å². The number of H-pyrrole nitrogens is 1. The predicted octanol–water partition coefficient (Wildman–Crippen LogP) is 3.67. The van der Waals surface area contributed by atoms with E-state index >= 15 is 0 Å². The van der Waals surface area contributed by atoms with E-state index in [0.29, 0.717) is 18.1 Å². The second-order valence-corrected chi connectivity index (χ2v) is 6.15. The Morgan fingerprint density at radius 3 is 2.52 bits per heavy atom. The van der Waals surface area contributed by atoms with Crippen molar-refractivity contribution in [1.29, 1.82) is 0 Å². The lowest BCUT2D eigenvalue weighted by Gasteiger charge is -2.06. The van der Waals surface area contributed by atoms with Crippen molar-refractivity contribution in [3.8, 4) is 0 Å². The SMILES string of the molecule is O=C(NCCc1c[nH]c2ccccc12)c1cnc(Nc2ccccc2)nc1. The molecule has 0 saturated heterocycles. The Kier molecular flexibility index (Phi) is 4.78. The number of benzene rings is 2. The van der Waals surface area contributed by atoms with E-state index in [-0.39, 0.29) is 5.91 Å². The average molecular weight is 357 g/mol. The summed E-state index contributed by atoms with van der Waals surface area (Å²) in [5, 5.41) is 7.20. The Hall–Kier alpha value is -3.67. The molecule has 0 unspecified atom stereocenters. The number of hydrogen-bond donors (Lipinski definition) is 3. The molecule has 0 aliphatic rings. The molecule has 2 aromatic heterocycles. The third kappa shape index (κ3) is 3.95. The third-order valence-electron chi connectivity index (χ3n) is 4.30. The Morgan fingerprint density at radius 1 is 0.963 bits per heavy atom. The molecule has 4 rings (SSSR count). The smallest absolute Gasteiger partial charge is 0.254 e. The highest BCUT2D eigenvalue weighted by molar-refractivity contribution is 5.93. The molecule has 0 spiro atoms. The number of amides is 1. The first-order valence-electron chi connectivity index (χ1n) is 8.77. The van der Waals surface area contributed by atoms with Crippen LogP contribution in [-0.2, 0) is 6.42 Å². The maximum atomic E-state index is 12.3. The number of carbonyl (C=O) groups is 1. The first-order chi connectivity index (χ1) is 13.3. The summed E-state index contributed by atoms with van der Waals surface area (Å²) in [6, 6.07) is 17.8. The van der Waals surface area contributed by atoms with Crippen LogP contribution in [0.2, 0.25) is 0 Å². The standard InChI is InChI=1S/C21H19N5O/c27-20(22-11-10-15-12-23-19-9-5-4-8-18(15)19)16-13-24-21(25-14-16)26-17-6-2-1-3-7-17/h1-9,12-14,23H,10-11H2,(H,22,27)(H,24,25,26). The van der Waals surface area contributed by atoms with Crippen LogP contribution in [0, 0.1) is 0 Å². The van der Waals surface area contributed by atoms with Crippen LogP contribution in [-0.4, -0.2) is 27.4 Å². The van der Waals surface area contributed by atoms with Crippen LogP contribution in [0.25, 0.3) is 10.9 Å². The topological polar surface area (TPSA) is 82.7 Å². The van der Waals surface area contributed by atoms with Crippen molar-refractivity contribution >= 4 is 28.4 Å². The molecule has 0 bridgehead atoms. The first-order valence-corrected chi connectivity index (χ1v) is 8.77. The highest BCUT2D eigenvalue weighted by Gasteiger charge is 2.08. The molecule has 2 heterocycles. The number of rotatable bonds is 6. The second-order valence-electron chi connectivity index (χ2n) is 6.15. The number of aromatic amines is 1. The summed E-state index contributed by atoms with van der Waals surface area (Å²) < 4.78 is 0. The molecule has 6 heteroatoms. The van der Waals surface area contributed by atoms with Gasteiger partial charge in [0.05, 0.1) is 5.56 Å². The number of para-hydroxylation sites is 2. The maximum Gasteiger partial charge on any atom is 0.254 e. The van der Waals surface area contributed by atoms with E-state index in [0.717, 1.165) is 17.6 Å². The van der Waals surface area contributed by atoms with Gasteiger partial charge in [0.1, 0.15) is 0 Å². The van der Waals surface area contributed by atoms with Gasteiger partial charge in [0, 0.05) is 41.7 Å². The second kappa shape index (κ2) is 7.70. The van der Waals surface area contributed by atoms with Crippen molar-refractivity contribution in [2.75, 3.05) is 11.9 Å². The lowest BCUT2D eigenvalue weighted by molar-refractivity contribution is 0.0953. The van der Waals surface area contributed by atoms with Crippen LogP contribution in [0.1, 0.15) is 15.9 Å². The van der Waals surface area contributed by atoms with Gasteiger partial charge in [-0.2, -0.15) is 0 Å². The molecule has 1 amide bonds. The summed E-state index contributed by atoms with van der Waals surface area (Å²) >= 11 is 0. The molecular formula is C21H19N5O. The lowest BCUT2D eigenvalue weighted by atomic mass is 10.1. The Bertz CT molecular complexity index is 1040. The van der Waals surface area contributed by atoms with Crippen molar-refractivity contribution in [3.63, 3.8) is 0 Å². The first kappa shape index (κ1) is 16.8. The molecule has 27 heavy (non-hydrogen) atoms. The zero-order valence-corrected chi connectivity index (χ0v) is 14.6. The van der Waals surface area contributed by atoms with Gasteiger partial charge in [-0.05, 0) is 30.2 Å². The van der Waals surface area contributed by atoms with Gasteiger partial charge in [-0.15, -0.1) is 0 Å². The zero-order valence-electron chi connectivity index (χ0n) is 14.6. The largest absolute Gasteiger partial charge is 0.361 e. The van der Waals surface area contributed by atoms with Crippen molar-refractivity contribution in [2.24, 2.45) is 0 Å². The Morgan fingerprint density at radius 2 is 1.70 bits per heavy atom. The minimum atomic E-state index is -0.180. The molecule has 0 atom stereocenters. The van der Waals surface area contributed by atoms with Gasteiger partial charge >= 0.3 is 0 Å². The number of aromatic nitrogens is 3. The van der Waals surface area contributed by atoms with E-state index in [1.807, 2.05) is 54.7 Å². The minimum Gasteiger partial charge on any atom is -0.361 e. The normalized spacial score (nSPS) is 10.7. The number of hydrogen-bond acceptors (Lipinski definition) is 4. The molecule has 0 saturated carbocycles. The number of nitrogens with zero attached hydrogens (tertiary/aromatic N) is 2. The molecule has 134 valence electrons. The molecule has 3 N–H and O–H groups in total. The van der Waals surface area contributed by atoms with Crippen LogP contribution in [0.4, 0.5) is 11.6 Å². The third-order valence-corrected chi connectivity index (χ3v) is 4.30. The van der Waals surface area contributed by atoms with E-state index in [1.165, 1.54) is 23.3 Å². The van der Waals surface area contributed by atoms with Gasteiger partial charge in [-0.25, -0.2) is 9.97 Å². The van der Waals surface area contributed by atoms with Gasteiger partial charge < -0.3 is 15.6 Å². The van der Waals surface area contributed by atoms with Crippen LogP contribution in [0.5, 0.6) is 0 Å². The highest BCUT2D eigenvalue weighted by Crippen LogP contribution is 2.17. The fourth-order valence-corrected chi connectivity index (χ4v) is 2.91. The Labute approximate surface area is 156 Å². The quantitative estimate of drug-likeness (QED) is 0.492. The van der Waals surface area contributed by atoms with Crippen LogP contribution < -0.4 is 10.6 Å². The molecule has 6 nitrogen and oxygen atoms in total. The Balaban J connectivity index is 1.33. The predicted molar refractivity (Wildman–Crippen MR) is 106 cm³/mol. The van der Waals surface area contributed by atoms with Crippen molar-refractivity contribution < 1.29 is 4.79 Å². The van der Waals surface area contributed by atoms with Crippen LogP contribution in [0.3, 0.4) is 0 Å². The zero-order chi connectivity index (χ0) is 18.5. The van der Waals surface area contributed by atoms with E-state index in [9.17, 15) is 4.79 Å². The number of anilines is 2. The fourth-order valence-electron chi connectivity index (χ4n) is 2.91. The van der Waals surface area contributed by atoms with Gasteiger partial charge in [0.15, 0.2) is 0 Å². The van der Waals surface area contributed by atoms with Crippen LogP contribution in [0.15, 0.2) is 73.2 Å². The van der Waals surface area contributed by atoms with Gasteiger partial charge in [0.2, 0.25) is 5.95 Å². The van der Waals surface area contributed by atoms with Crippen molar-refractivity contribution in [2.45, 2.75) is 6.42 Å². The summed E-state index contributed by atoms with van der Waals surface area (Å²) in [6.45, 7) is 0.546. The molecular weight excluding hydrogens is 338 g/mol. The number of nitrogens with one attached hydrogen (secondary N) is 3. The number of fused-ring (bicyclic) bond motifs is 1. The molecule has 0 fully saturated rings. The van der Waals surface area contributed by atoms with Crippen molar-refractivity contribution in [1.82, 2.24) is 20.3 Å². The lowest BCUT2D eigenvalue weighted by Crippen LogP contribution is -2.26. The fraction of sp³-hybridized carbons (Fsp3) is 0.0952.